The van der Waals surface area contributed by atoms with Gasteiger partial charge in [-0.05, 0) is 67.9 Å². The topological polar surface area (TPSA) is 94.2 Å². The zero-order valence-corrected chi connectivity index (χ0v) is 36.3. The van der Waals surface area contributed by atoms with Crippen LogP contribution in [-0.4, -0.2) is 96.4 Å². The third kappa shape index (κ3) is 12.4. The number of benzene rings is 4. The van der Waals surface area contributed by atoms with Gasteiger partial charge in [0.2, 0.25) is 12.6 Å². The highest BCUT2D eigenvalue weighted by Crippen LogP contribution is 2.48. The molecule has 0 radical (unpaired) electrons. The number of carbonyl (C=O) groups is 3. The summed E-state index contributed by atoms with van der Waals surface area (Å²) in [6.45, 7) is 7.85. The number of quaternary nitrogens is 1. The quantitative estimate of drug-likeness (QED) is 0.0409. The molecule has 0 bridgehead atoms. The highest BCUT2D eigenvalue weighted by atomic mass is 32.2. The van der Waals surface area contributed by atoms with E-state index in [0.717, 1.165) is 48.2 Å². The number of nitrogens with zero attached hydrogens (tertiary/aromatic N) is 2. The number of amides is 2. The van der Waals surface area contributed by atoms with E-state index in [4.69, 9.17) is 14.3 Å². The van der Waals surface area contributed by atoms with Crippen LogP contribution in [0.15, 0.2) is 121 Å². The Morgan fingerprint density at radius 1 is 0.793 bits per heavy atom. The van der Waals surface area contributed by atoms with Crippen LogP contribution < -0.4 is 5.32 Å². The van der Waals surface area contributed by atoms with Crippen molar-refractivity contribution in [2.75, 3.05) is 51.2 Å². The van der Waals surface area contributed by atoms with E-state index >= 15 is 0 Å². The zero-order valence-electron chi connectivity index (χ0n) is 34.6. The molecule has 11 heteroatoms. The number of thioether (sulfide) groups is 2. The van der Waals surface area contributed by atoms with Crippen LogP contribution in [0.4, 0.5) is 4.79 Å². The van der Waals surface area contributed by atoms with Crippen LogP contribution in [0.25, 0.3) is 0 Å². The molecular weight excluding hydrogens is 767 g/mol. The molecule has 1 aliphatic rings. The number of likely N-dealkylation sites (tertiary alicyclic amines) is 1. The third-order valence-electron chi connectivity index (χ3n) is 10.4. The lowest BCUT2D eigenvalue weighted by atomic mass is 9.84. The number of methoxy groups -OCH3 is 1. The van der Waals surface area contributed by atoms with Gasteiger partial charge in [0, 0.05) is 25.0 Å². The van der Waals surface area contributed by atoms with E-state index in [2.05, 4.69) is 78.1 Å². The fourth-order valence-electron chi connectivity index (χ4n) is 7.67. The van der Waals surface area contributed by atoms with Crippen LogP contribution in [0, 0.1) is 0 Å². The molecule has 2 amide bonds. The Morgan fingerprint density at radius 3 is 1.79 bits per heavy atom. The summed E-state index contributed by atoms with van der Waals surface area (Å²) in [4.78, 5) is 47.6. The number of carbonyl (C=O) groups excluding carboxylic acids is 3. The molecule has 1 fully saturated rings. The molecular formula is C47H60N3O6S2+. The van der Waals surface area contributed by atoms with Crippen LogP contribution in [0.3, 0.4) is 0 Å². The number of alkyl carbamates (subject to hydrolysis) is 1. The Hall–Kier alpha value is -4.29. The maximum absolute atomic E-state index is 14.1. The van der Waals surface area contributed by atoms with Crippen molar-refractivity contribution in [1.82, 2.24) is 10.4 Å². The molecule has 4 aromatic carbocycles. The van der Waals surface area contributed by atoms with E-state index in [1.54, 1.807) is 23.5 Å². The maximum atomic E-state index is 14.1. The minimum atomic E-state index is -0.891. The molecule has 0 saturated carbocycles. The smallest absolute Gasteiger partial charge is 0.408 e. The number of aryl methyl sites for hydroxylation is 1. The van der Waals surface area contributed by atoms with Gasteiger partial charge in [-0.1, -0.05) is 121 Å². The molecule has 1 heterocycles. The van der Waals surface area contributed by atoms with E-state index in [-0.39, 0.29) is 25.1 Å². The number of hydrogen-bond acceptors (Lipinski definition) is 8. The fourth-order valence-corrected chi connectivity index (χ4v) is 9.68. The van der Waals surface area contributed by atoms with Crippen LogP contribution in [0.5, 0.6) is 0 Å². The summed E-state index contributed by atoms with van der Waals surface area (Å²) in [6.07, 6.45) is 4.50. The van der Waals surface area contributed by atoms with Crippen molar-refractivity contribution in [3.8, 4) is 0 Å². The number of ether oxygens (including phenoxy) is 2. The Kier molecular flexibility index (Phi) is 16.7. The minimum Gasteiger partial charge on any atom is -0.467 e. The van der Waals surface area contributed by atoms with Crippen molar-refractivity contribution in [3.63, 3.8) is 0 Å². The summed E-state index contributed by atoms with van der Waals surface area (Å²) in [5.41, 5.74) is 3.73. The first-order valence-electron chi connectivity index (χ1n) is 20.2. The molecule has 4 aromatic rings. The van der Waals surface area contributed by atoms with Gasteiger partial charge in [-0.3, -0.25) is 9.28 Å². The average molecular weight is 827 g/mol. The first-order chi connectivity index (χ1) is 28.0. The minimum absolute atomic E-state index is 0.155. The lowest BCUT2D eigenvalue weighted by molar-refractivity contribution is -0.939. The van der Waals surface area contributed by atoms with Gasteiger partial charge < -0.3 is 14.8 Å². The molecule has 0 aliphatic carbocycles. The highest BCUT2D eigenvalue weighted by molar-refractivity contribution is 8.00. The fraction of sp³-hybridized carbons (Fsp3) is 0.426. The largest absolute Gasteiger partial charge is 0.467 e. The van der Waals surface area contributed by atoms with Crippen LogP contribution >= 0.6 is 23.5 Å². The summed E-state index contributed by atoms with van der Waals surface area (Å²) < 4.78 is 11.0. The van der Waals surface area contributed by atoms with Crippen molar-refractivity contribution in [1.29, 1.82) is 0 Å². The van der Waals surface area contributed by atoms with Crippen molar-refractivity contribution in [2.24, 2.45) is 0 Å². The Bertz CT molecular complexity index is 1760. The molecule has 2 atom stereocenters. The van der Waals surface area contributed by atoms with E-state index in [9.17, 15) is 14.4 Å². The van der Waals surface area contributed by atoms with Gasteiger partial charge in [0.15, 0.2) is 6.04 Å². The molecule has 1 saturated heterocycles. The van der Waals surface area contributed by atoms with Crippen molar-refractivity contribution >= 4 is 41.5 Å². The summed E-state index contributed by atoms with van der Waals surface area (Å²) in [6, 6.07) is 40.1. The molecule has 0 spiro atoms. The average Bonchev–Trinajstić information content (AvgIpc) is 3.70. The molecule has 5 rings (SSSR count). The number of rotatable bonds is 20. The van der Waals surface area contributed by atoms with E-state index in [1.165, 1.54) is 12.2 Å². The van der Waals surface area contributed by atoms with Crippen molar-refractivity contribution in [2.45, 2.75) is 75.3 Å². The predicted molar refractivity (Wildman–Crippen MR) is 235 cm³/mol. The summed E-state index contributed by atoms with van der Waals surface area (Å²) in [7, 11) is 1.35. The maximum Gasteiger partial charge on any atom is 0.408 e. The summed E-state index contributed by atoms with van der Waals surface area (Å²) in [5, 5.41) is 4.56. The lowest BCUT2D eigenvalue weighted by Gasteiger charge is -2.40. The molecule has 0 unspecified atom stereocenters. The van der Waals surface area contributed by atoms with Crippen LogP contribution in [0.2, 0.25) is 0 Å². The summed E-state index contributed by atoms with van der Waals surface area (Å²) >= 11 is 3.38. The standard InChI is InChI=1S/C47H59N3O6S2/c1-46(2,3)56-45(53)48-41(35-58-47(38-22-12-7-13-23-38,39-24-14-8-15-25-39)40-26-16-9-17-27-40)34-50(31-18-19-32-50)36-55-49(42(30-33-57-5)44(52)54-4)43(51)29-28-37-20-10-6-11-21-37/h6-17,20-27,41-42H,18-19,28-36H2,1-5H3/p+1/t41-,42-/m0/s1. The number of hydroxylamine groups is 2. The number of nitrogens with one attached hydrogen (secondary N) is 1. The molecule has 9 nitrogen and oxygen atoms in total. The van der Waals surface area contributed by atoms with Crippen LogP contribution in [-0.2, 0) is 35.1 Å². The lowest BCUT2D eigenvalue weighted by Crippen LogP contribution is -2.58. The van der Waals surface area contributed by atoms with Gasteiger partial charge in [0.05, 0.1) is 31.0 Å². The number of esters is 1. The molecule has 0 aromatic heterocycles. The highest BCUT2D eigenvalue weighted by Gasteiger charge is 2.42. The molecule has 1 N–H and O–H groups in total. The predicted octanol–water partition coefficient (Wildman–Crippen LogP) is 8.86. The van der Waals surface area contributed by atoms with Crippen molar-refractivity contribution < 1.29 is 33.2 Å². The monoisotopic (exact) mass is 826 g/mol. The second kappa shape index (κ2) is 21.6. The molecule has 310 valence electrons. The molecule has 1 aliphatic heterocycles. The number of hydrogen-bond donors (Lipinski definition) is 1. The van der Waals surface area contributed by atoms with Crippen molar-refractivity contribution in [3.05, 3.63) is 144 Å². The first-order valence-corrected chi connectivity index (χ1v) is 22.6. The van der Waals surface area contributed by atoms with Gasteiger partial charge in [-0.15, -0.1) is 11.8 Å². The molecule has 58 heavy (non-hydrogen) atoms. The van der Waals surface area contributed by atoms with Gasteiger partial charge >= 0.3 is 12.1 Å². The Labute approximate surface area is 353 Å². The van der Waals surface area contributed by atoms with Gasteiger partial charge in [0.25, 0.3) is 0 Å². The second-order valence-electron chi connectivity index (χ2n) is 15.9. The van der Waals surface area contributed by atoms with Crippen LogP contribution in [0.1, 0.15) is 68.7 Å². The zero-order chi connectivity index (χ0) is 41.4. The Balaban J connectivity index is 1.48. The SMILES string of the molecule is COC(=O)[C@H](CCSC)N(OC[N+]1(C[C@@H](CSC(c2ccccc2)(c2ccccc2)c2ccccc2)NC(=O)OC(C)(C)C)CCCC1)C(=O)CCc1ccccc1. The summed E-state index contributed by atoms with van der Waals surface area (Å²) in [5.74, 6) is 0.414. The third-order valence-corrected chi connectivity index (χ3v) is 12.8. The van der Waals surface area contributed by atoms with Gasteiger partial charge in [-0.25, -0.2) is 19.5 Å². The Morgan fingerprint density at radius 2 is 1.31 bits per heavy atom. The van der Waals surface area contributed by atoms with Gasteiger partial charge in [0.1, 0.15) is 12.1 Å². The first kappa shape index (κ1) is 44.8. The second-order valence-corrected chi connectivity index (χ2v) is 18.1. The van der Waals surface area contributed by atoms with E-state index in [0.29, 0.717) is 35.4 Å². The normalized spacial score (nSPS) is 14.9. The van der Waals surface area contributed by atoms with Gasteiger partial charge in [-0.2, -0.15) is 11.8 Å². The van der Waals surface area contributed by atoms with E-state index < -0.39 is 28.5 Å². The van der Waals surface area contributed by atoms with E-state index in [1.807, 2.05) is 75.6 Å².